The van der Waals surface area contributed by atoms with Crippen LogP contribution in [0.25, 0.3) is 0 Å². The highest BCUT2D eigenvalue weighted by atomic mass is 32.1. The molecule has 0 saturated heterocycles. The van der Waals surface area contributed by atoms with E-state index in [4.69, 9.17) is 5.26 Å². The van der Waals surface area contributed by atoms with Gasteiger partial charge in [0.25, 0.3) is 5.91 Å². The van der Waals surface area contributed by atoms with Gasteiger partial charge < -0.3 is 21.3 Å². The van der Waals surface area contributed by atoms with Crippen molar-refractivity contribution in [2.24, 2.45) is 16.8 Å². The first-order chi connectivity index (χ1) is 16.6. The molecule has 2 saturated carbocycles. The van der Waals surface area contributed by atoms with Gasteiger partial charge >= 0.3 is 0 Å². The van der Waals surface area contributed by atoms with Crippen molar-refractivity contribution in [3.63, 3.8) is 0 Å². The largest absolute Gasteiger partial charge is 0.352 e. The number of aliphatic imine (C=N–C) groups is 1. The Morgan fingerprint density at radius 3 is 2.59 bits per heavy atom. The van der Waals surface area contributed by atoms with Gasteiger partial charge in [-0.05, 0) is 68.6 Å². The van der Waals surface area contributed by atoms with Gasteiger partial charge in [-0.15, -0.1) is 16.3 Å². The number of para-hydroxylation sites is 1. The van der Waals surface area contributed by atoms with E-state index in [1.165, 1.54) is 11.3 Å². The molecule has 1 atom stereocenters. The molecule has 1 heterocycles. The summed E-state index contributed by atoms with van der Waals surface area (Å²) in [5.74, 6) is 0.944. The highest BCUT2D eigenvalue weighted by molar-refractivity contribution is 7.17. The van der Waals surface area contributed by atoms with Crippen LogP contribution < -0.4 is 21.3 Å². The van der Waals surface area contributed by atoms with Crippen LogP contribution in [0.3, 0.4) is 0 Å². The molecule has 2 aromatic rings. The van der Waals surface area contributed by atoms with Gasteiger partial charge in [-0.3, -0.25) is 9.59 Å². The molecule has 2 fully saturated rings. The molecule has 3 aliphatic carbocycles. The van der Waals surface area contributed by atoms with Gasteiger partial charge in [0.15, 0.2) is 0 Å². The number of rotatable bonds is 7. The summed E-state index contributed by atoms with van der Waals surface area (Å²) in [6.45, 7) is 0.682. The van der Waals surface area contributed by atoms with Crippen molar-refractivity contribution < 1.29 is 9.59 Å². The smallest absolute Gasteiger partial charge is 0.254 e. The second-order valence-corrected chi connectivity index (χ2v) is 10.4. The van der Waals surface area contributed by atoms with E-state index in [1.54, 1.807) is 0 Å². The van der Waals surface area contributed by atoms with E-state index in [9.17, 15) is 9.59 Å². The van der Waals surface area contributed by atoms with Gasteiger partial charge in [-0.2, -0.15) is 5.26 Å². The second kappa shape index (κ2) is 9.85. The molecule has 3 aliphatic rings. The first kappa shape index (κ1) is 22.4. The zero-order valence-corrected chi connectivity index (χ0v) is 19.7. The first-order valence-corrected chi connectivity index (χ1v) is 12.7. The van der Waals surface area contributed by atoms with Gasteiger partial charge in [-0.25, -0.2) is 0 Å². The number of guanidine groups is 1. The third kappa shape index (κ3) is 5.39. The Bertz CT molecular complexity index is 1140. The fourth-order valence-corrected chi connectivity index (χ4v) is 5.48. The number of hydrogen-bond acceptors (Lipinski definition) is 5. The van der Waals surface area contributed by atoms with Crippen molar-refractivity contribution in [1.29, 1.82) is 5.26 Å². The molecular weight excluding hydrogens is 448 g/mol. The topological polar surface area (TPSA) is 118 Å². The summed E-state index contributed by atoms with van der Waals surface area (Å²) in [5, 5.41) is 22.5. The van der Waals surface area contributed by atoms with Crippen LogP contribution in [-0.4, -0.2) is 30.4 Å². The molecule has 8 nitrogen and oxygen atoms in total. The van der Waals surface area contributed by atoms with Gasteiger partial charge in [0.2, 0.25) is 18.1 Å². The maximum absolute atomic E-state index is 13.2. The number of carbonyl (C=O) groups excluding carboxylic acids is 2. The molecule has 0 radical (unpaired) electrons. The van der Waals surface area contributed by atoms with Crippen molar-refractivity contribution in [1.82, 2.24) is 10.6 Å². The number of nitriles is 1. The Kier molecular flexibility index (Phi) is 6.50. The maximum atomic E-state index is 13.2. The molecule has 1 aromatic heterocycles. The molecule has 1 unspecified atom stereocenters. The lowest BCUT2D eigenvalue weighted by molar-refractivity contribution is -0.117. The number of benzene rings is 1. The lowest BCUT2D eigenvalue weighted by Crippen LogP contribution is -2.42. The molecular formula is C25H28N6O2S. The monoisotopic (exact) mass is 476 g/mol. The molecule has 0 bridgehead atoms. The lowest BCUT2D eigenvalue weighted by atomic mass is 9.91. The number of carbonyl (C=O) groups is 2. The third-order valence-electron chi connectivity index (χ3n) is 6.46. The number of thiophene rings is 1. The van der Waals surface area contributed by atoms with Gasteiger partial charge in [-0.1, -0.05) is 18.2 Å². The number of nitrogens with zero attached hydrogens (tertiary/aromatic N) is 2. The summed E-state index contributed by atoms with van der Waals surface area (Å²) >= 11 is 1.53. The minimum absolute atomic E-state index is 0.00683. The number of amides is 2. The van der Waals surface area contributed by atoms with Crippen LogP contribution in [0.4, 0.5) is 10.7 Å². The summed E-state index contributed by atoms with van der Waals surface area (Å²) in [6.07, 6.45) is 8.28. The molecule has 1 aromatic carbocycles. The van der Waals surface area contributed by atoms with Crippen LogP contribution in [0, 0.1) is 23.3 Å². The summed E-state index contributed by atoms with van der Waals surface area (Å²) < 4.78 is 0. The van der Waals surface area contributed by atoms with E-state index in [0.717, 1.165) is 54.7 Å². The fraction of sp³-hybridized carbons (Fsp3) is 0.440. The molecule has 4 N–H and O–H groups in total. The predicted molar refractivity (Wildman–Crippen MR) is 133 cm³/mol. The molecule has 176 valence electrons. The van der Waals surface area contributed by atoms with Crippen molar-refractivity contribution in [2.75, 3.05) is 17.2 Å². The van der Waals surface area contributed by atoms with Gasteiger partial charge in [0.1, 0.15) is 5.00 Å². The average Bonchev–Trinajstić information content (AvgIpc) is 3.75. The van der Waals surface area contributed by atoms with Crippen LogP contribution in [0.1, 0.15) is 52.9 Å². The van der Waals surface area contributed by atoms with Crippen molar-refractivity contribution >= 4 is 39.8 Å². The van der Waals surface area contributed by atoms with E-state index in [1.807, 2.05) is 36.5 Å². The van der Waals surface area contributed by atoms with E-state index in [-0.39, 0.29) is 23.8 Å². The number of hydrogen-bond donors (Lipinski definition) is 4. The lowest BCUT2D eigenvalue weighted by Gasteiger charge is -2.25. The second-order valence-electron chi connectivity index (χ2n) is 9.26. The van der Waals surface area contributed by atoms with Gasteiger partial charge in [0, 0.05) is 29.1 Å². The van der Waals surface area contributed by atoms with Crippen LogP contribution in [0.5, 0.6) is 0 Å². The highest BCUT2D eigenvalue weighted by Crippen LogP contribution is 2.40. The maximum Gasteiger partial charge on any atom is 0.254 e. The van der Waals surface area contributed by atoms with Crippen LogP contribution in [0.15, 0.2) is 35.3 Å². The summed E-state index contributed by atoms with van der Waals surface area (Å²) in [5.41, 5.74) is 2.43. The Hall–Kier alpha value is -3.38. The highest BCUT2D eigenvalue weighted by Gasteiger charge is 2.34. The van der Waals surface area contributed by atoms with Gasteiger partial charge in [0.05, 0.1) is 5.56 Å². The molecule has 2 amide bonds. The van der Waals surface area contributed by atoms with E-state index in [2.05, 4.69) is 26.3 Å². The molecule has 9 heteroatoms. The number of nitrogens with one attached hydrogen (secondary N) is 4. The molecule has 34 heavy (non-hydrogen) atoms. The summed E-state index contributed by atoms with van der Waals surface area (Å²) in [6, 6.07) is 9.57. The SMILES string of the molecule is N#CN=C(Nc1ccccc1)NC1CCc2sc(NC(=O)C3CC3)c(C(=O)NCC3CC3)c2C1. The first-order valence-electron chi connectivity index (χ1n) is 11.9. The zero-order valence-electron chi connectivity index (χ0n) is 18.9. The molecule has 5 rings (SSSR count). The van der Waals surface area contributed by atoms with Crippen molar-refractivity contribution in [3.05, 3.63) is 46.3 Å². The quantitative estimate of drug-likeness (QED) is 0.276. The predicted octanol–water partition coefficient (Wildman–Crippen LogP) is 3.63. The fourth-order valence-electron chi connectivity index (χ4n) is 4.24. The Morgan fingerprint density at radius 2 is 1.88 bits per heavy atom. The van der Waals surface area contributed by atoms with Crippen molar-refractivity contribution in [3.8, 4) is 6.19 Å². The summed E-state index contributed by atoms with van der Waals surface area (Å²) in [4.78, 5) is 30.8. The molecule has 0 spiro atoms. The molecule has 0 aliphatic heterocycles. The van der Waals surface area contributed by atoms with Crippen LogP contribution >= 0.6 is 11.3 Å². The number of anilines is 2. The standard InChI is InChI=1S/C25H28N6O2S/c26-14-28-25(29-17-4-2-1-3-5-17)30-18-10-11-20-19(12-18)21(23(33)27-13-15-6-7-15)24(34-20)31-22(32)16-8-9-16/h1-5,15-16,18H,6-13H2,(H,27,33)(H,31,32)(H2,28,29,30). The van der Waals surface area contributed by atoms with E-state index >= 15 is 0 Å². The minimum Gasteiger partial charge on any atom is -0.352 e. The Labute approximate surface area is 202 Å². The average molecular weight is 477 g/mol. The Balaban J connectivity index is 1.34. The van der Waals surface area contributed by atoms with E-state index < -0.39 is 0 Å². The third-order valence-corrected chi connectivity index (χ3v) is 7.67. The van der Waals surface area contributed by atoms with E-state index in [0.29, 0.717) is 35.4 Å². The van der Waals surface area contributed by atoms with Crippen LogP contribution in [0.2, 0.25) is 0 Å². The Morgan fingerprint density at radius 1 is 1.09 bits per heavy atom. The normalized spacial score (nSPS) is 19.5. The van der Waals surface area contributed by atoms with Crippen LogP contribution in [-0.2, 0) is 17.6 Å². The number of fused-ring (bicyclic) bond motifs is 1. The minimum atomic E-state index is -0.107. The van der Waals surface area contributed by atoms with Crippen molar-refractivity contribution in [2.45, 2.75) is 51.0 Å². The number of aryl methyl sites for hydroxylation is 1. The zero-order chi connectivity index (χ0) is 23.5. The summed E-state index contributed by atoms with van der Waals surface area (Å²) in [7, 11) is 0.